The summed E-state index contributed by atoms with van der Waals surface area (Å²) >= 11 is 0. The van der Waals surface area contributed by atoms with Crippen molar-refractivity contribution in [1.82, 2.24) is 15.0 Å². The number of aromatic nitrogens is 3. The van der Waals surface area contributed by atoms with Crippen LogP contribution in [0.5, 0.6) is 0 Å². The first-order valence-electron chi connectivity index (χ1n) is 16.6. The van der Waals surface area contributed by atoms with E-state index < -0.39 is 0 Å². The summed E-state index contributed by atoms with van der Waals surface area (Å²) in [6.07, 6.45) is 0. The van der Waals surface area contributed by atoms with Crippen molar-refractivity contribution >= 4 is 43.9 Å². The van der Waals surface area contributed by atoms with Crippen LogP contribution in [0.4, 0.5) is 0 Å². The molecule has 50 heavy (non-hydrogen) atoms. The van der Waals surface area contributed by atoms with Crippen LogP contribution in [-0.2, 0) is 0 Å². The SMILES string of the molecule is c1ccc(-c2nc(-c3ccc4c(c3)oc3cc(-c5ccccc5-c5ccccc5)ccc34)nc(-c3cccc4oc5ccccc5c34)n2)cc1. The highest BCUT2D eigenvalue weighted by Crippen LogP contribution is 2.39. The smallest absolute Gasteiger partial charge is 0.164 e. The quantitative estimate of drug-likeness (QED) is 0.187. The van der Waals surface area contributed by atoms with Crippen molar-refractivity contribution in [1.29, 1.82) is 0 Å². The van der Waals surface area contributed by atoms with E-state index in [2.05, 4.69) is 84.9 Å². The summed E-state index contributed by atoms with van der Waals surface area (Å²) in [7, 11) is 0. The van der Waals surface area contributed by atoms with Crippen molar-refractivity contribution in [3.8, 4) is 56.4 Å². The molecule has 10 rings (SSSR count). The molecule has 0 amide bonds. The van der Waals surface area contributed by atoms with E-state index >= 15 is 0 Å². The highest BCUT2D eigenvalue weighted by Gasteiger charge is 2.19. The van der Waals surface area contributed by atoms with Gasteiger partial charge in [-0.05, 0) is 58.7 Å². The Morgan fingerprint density at radius 1 is 0.300 bits per heavy atom. The van der Waals surface area contributed by atoms with E-state index in [0.29, 0.717) is 17.5 Å². The van der Waals surface area contributed by atoms with E-state index in [9.17, 15) is 0 Å². The van der Waals surface area contributed by atoms with Gasteiger partial charge in [0.1, 0.15) is 22.3 Å². The van der Waals surface area contributed by atoms with Crippen LogP contribution in [0.1, 0.15) is 0 Å². The Bertz CT molecular complexity index is 2870. The second kappa shape index (κ2) is 11.4. The second-order valence-electron chi connectivity index (χ2n) is 12.4. The molecule has 0 saturated heterocycles. The van der Waals surface area contributed by atoms with Crippen LogP contribution in [0.2, 0.25) is 0 Å². The van der Waals surface area contributed by atoms with Gasteiger partial charge >= 0.3 is 0 Å². The van der Waals surface area contributed by atoms with Crippen molar-refractivity contribution in [3.63, 3.8) is 0 Å². The van der Waals surface area contributed by atoms with Crippen molar-refractivity contribution in [3.05, 3.63) is 164 Å². The van der Waals surface area contributed by atoms with Crippen LogP contribution in [0, 0.1) is 0 Å². The van der Waals surface area contributed by atoms with E-state index in [0.717, 1.165) is 71.7 Å². The van der Waals surface area contributed by atoms with Gasteiger partial charge in [-0.1, -0.05) is 127 Å². The van der Waals surface area contributed by atoms with Crippen LogP contribution < -0.4 is 0 Å². The number of furan rings is 2. The molecule has 0 spiro atoms. The summed E-state index contributed by atoms with van der Waals surface area (Å²) in [6.45, 7) is 0. The predicted molar refractivity (Wildman–Crippen MR) is 202 cm³/mol. The molecule has 0 aliphatic rings. The first kappa shape index (κ1) is 28.2. The van der Waals surface area contributed by atoms with Crippen LogP contribution in [0.3, 0.4) is 0 Å². The van der Waals surface area contributed by atoms with E-state index in [1.54, 1.807) is 0 Å². The van der Waals surface area contributed by atoms with Crippen LogP contribution >= 0.6 is 0 Å². The molecule has 0 fully saturated rings. The van der Waals surface area contributed by atoms with Gasteiger partial charge in [0.25, 0.3) is 0 Å². The Morgan fingerprint density at radius 3 is 1.58 bits per heavy atom. The molecule has 0 N–H and O–H groups in total. The lowest BCUT2D eigenvalue weighted by Crippen LogP contribution is -2.00. The van der Waals surface area contributed by atoms with Crippen LogP contribution in [0.15, 0.2) is 173 Å². The molecule has 0 radical (unpaired) electrons. The van der Waals surface area contributed by atoms with Gasteiger partial charge in [-0.3, -0.25) is 0 Å². The summed E-state index contributed by atoms with van der Waals surface area (Å²) in [5.41, 5.74) is 10.5. The zero-order chi connectivity index (χ0) is 33.0. The number of para-hydroxylation sites is 1. The fourth-order valence-corrected chi connectivity index (χ4v) is 6.99. The molecule has 234 valence electrons. The molecular formula is C45H27N3O2. The van der Waals surface area contributed by atoms with Gasteiger partial charge in [0.2, 0.25) is 0 Å². The minimum absolute atomic E-state index is 0.568. The average molecular weight is 642 g/mol. The average Bonchev–Trinajstić information content (AvgIpc) is 3.76. The zero-order valence-electron chi connectivity index (χ0n) is 26.7. The summed E-state index contributed by atoms with van der Waals surface area (Å²) in [4.78, 5) is 15.1. The van der Waals surface area contributed by atoms with Crippen molar-refractivity contribution in [2.75, 3.05) is 0 Å². The highest BCUT2D eigenvalue weighted by molar-refractivity contribution is 6.12. The third-order valence-electron chi connectivity index (χ3n) is 9.37. The molecule has 5 heteroatoms. The molecule has 0 saturated carbocycles. The number of fused-ring (bicyclic) bond motifs is 6. The third kappa shape index (κ3) is 4.67. The fourth-order valence-electron chi connectivity index (χ4n) is 6.99. The van der Waals surface area contributed by atoms with Gasteiger partial charge in [-0.25, -0.2) is 15.0 Å². The Hall–Kier alpha value is -6.85. The summed E-state index contributed by atoms with van der Waals surface area (Å²) in [5.74, 6) is 1.75. The van der Waals surface area contributed by atoms with Crippen molar-refractivity contribution in [2.45, 2.75) is 0 Å². The standard InChI is InChI=1S/C45H27N3O2/c1-3-12-28(13-4-1)32-16-7-8-17-33(32)30-22-24-34-35-25-23-31(27-41(35)50-40(34)26-30)44-46-43(29-14-5-2-6-15-29)47-45(48-44)37-19-11-21-39-42(37)36-18-9-10-20-38(36)49-39/h1-27H. The van der Waals surface area contributed by atoms with E-state index in [1.807, 2.05) is 78.9 Å². The molecule has 0 aliphatic heterocycles. The van der Waals surface area contributed by atoms with Gasteiger partial charge < -0.3 is 8.83 Å². The maximum Gasteiger partial charge on any atom is 0.164 e. The van der Waals surface area contributed by atoms with Gasteiger partial charge in [0.15, 0.2) is 17.5 Å². The predicted octanol–water partition coefficient (Wildman–Crippen LogP) is 12.0. The molecule has 0 unspecified atom stereocenters. The minimum Gasteiger partial charge on any atom is -0.456 e. The monoisotopic (exact) mass is 641 g/mol. The van der Waals surface area contributed by atoms with Gasteiger partial charge in [0, 0.05) is 38.2 Å². The fraction of sp³-hybridized carbons (Fsp3) is 0. The number of hydrogen-bond donors (Lipinski definition) is 0. The normalized spacial score (nSPS) is 11.6. The molecule has 10 aromatic rings. The lowest BCUT2D eigenvalue weighted by Gasteiger charge is -2.10. The molecule has 3 heterocycles. The van der Waals surface area contributed by atoms with Gasteiger partial charge in [-0.15, -0.1) is 0 Å². The number of rotatable bonds is 5. The van der Waals surface area contributed by atoms with Crippen molar-refractivity contribution < 1.29 is 8.83 Å². The molecule has 0 atom stereocenters. The maximum absolute atomic E-state index is 6.56. The second-order valence-corrected chi connectivity index (χ2v) is 12.4. The summed E-state index contributed by atoms with van der Waals surface area (Å²) < 4.78 is 12.8. The lowest BCUT2D eigenvalue weighted by atomic mass is 9.94. The molecule has 7 aromatic carbocycles. The first-order valence-corrected chi connectivity index (χ1v) is 16.6. The molecular weight excluding hydrogens is 615 g/mol. The molecule has 0 aliphatic carbocycles. The Balaban J connectivity index is 1.12. The van der Waals surface area contributed by atoms with E-state index in [1.165, 1.54) is 11.1 Å². The Morgan fingerprint density at radius 2 is 0.820 bits per heavy atom. The highest BCUT2D eigenvalue weighted by atomic mass is 16.3. The first-order chi connectivity index (χ1) is 24.8. The van der Waals surface area contributed by atoms with Crippen LogP contribution in [-0.4, -0.2) is 15.0 Å². The summed E-state index contributed by atoms with van der Waals surface area (Å²) in [5, 5.41) is 4.11. The maximum atomic E-state index is 6.56. The Kier molecular flexibility index (Phi) is 6.42. The molecule has 3 aromatic heterocycles. The molecule has 5 nitrogen and oxygen atoms in total. The molecule has 0 bridgehead atoms. The van der Waals surface area contributed by atoms with E-state index in [4.69, 9.17) is 23.8 Å². The summed E-state index contributed by atoms with van der Waals surface area (Å²) in [6, 6.07) is 55.8. The van der Waals surface area contributed by atoms with E-state index in [-0.39, 0.29) is 0 Å². The lowest BCUT2D eigenvalue weighted by molar-refractivity contribution is 0.668. The van der Waals surface area contributed by atoms with Crippen LogP contribution in [0.25, 0.3) is 100 Å². The zero-order valence-corrected chi connectivity index (χ0v) is 26.7. The van der Waals surface area contributed by atoms with Gasteiger partial charge in [-0.2, -0.15) is 0 Å². The number of benzene rings is 7. The third-order valence-corrected chi connectivity index (χ3v) is 9.37. The number of nitrogens with zero attached hydrogens (tertiary/aromatic N) is 3. The largest absolute Gasteiger partial charge is 0.456 e. The van der Waals surface area contributed by atoms with Crippen molar-refractivity contribution in [2.24, 2.45) is 0 Å². The number of hydrogen-bond acceptors (Lipinski definition) is 5. The minimum atomic E-state index is 0.568. The Labute approximate surface area is 287 Å². The topological polar surface area (TPSA) is 65.0 Å². The van der Waals surface area contributed by atoms with Gasteiger partial charge in [0.05, 0.1) is 0 Å².